The highest BCUT2D eigenvalue weighted by atomic mass is 16.5. The van der Waals surface area contributed by atoms with Gasteiger partial charge >= 0.3 is 0 Å². The Bertz CT molecular complexity index is 703. The summed E-state index contributed by atoms with van der Waals surface area (Å²) in [6.45, 7) is 0.388. The molecule has 2 rings (SSSR count). The van der Waals surface area contributed by atoms with Crippen molar-refractivity contribution in [3.8, 4) is 17.6 Å². The fourth-order valence-corrected chi connectivity index (χ4v) is 1.96. The first-order valence-corrected chi connectivity index (χ1v) is 6.67. The van der Waals surface area contributed by atoms with E-state index >= 15 is 0 Å². The van der Waals surface area contributed by atoms with E-state index in [1.165, 1.54) is 7.11 Å². The van der Waals surface area contributed by atoms with Crippen molar-refractivity contribution in [1.29, 1.82) is 5.26 Å². The summed E-state index contributed by atoms with van der Waals surface area (Å²) in [6.07, 6.45) is 0. The summed E-state index contributed by atoms with van der Waals surface area (Å²) in [5.41, 5.74) is 2.01. The zero-order valence-electron chi connectivity index (χ0n) is 12.4. The molecule has 112 valence electrons. The summed E-state index contributed by atoms with van der Waals surface area (Å²) in [4.78, 5) is 12.1. The third-order valence-corrected chi connectivity index (χ3v) is 3.18. The minimum absolute atomic E-state index is 0.203. The topological polar surface area (TPSA) is 71.3 Å². The first-order valence-electron chi connectivity index (χ1n) is 6.67. The monoisotopic (exact) mass is 296 g/mol. The summed E-state index contributed by atoms with van der Waals surface area (Å²) in [7, 11) is 3.07. The Morgan fingerprint density at radius 3 is 2.36 bits per heavy atom. The number of ether oxygens (including phenoxy) is 2. The second-order valence-corrected chi connectivity index (χ2v) is 4.56. The molecule has 0 heterocycles. The fraction of sp³-hybridized carbons (Fsp3) is 0.176. The molecule has 0 aliphatic rings. The van der Waals surface area contributed by atoms with E-state index in [-0.39, 0.29) is 5.91 Å². The number of hydrogen-bond acceptors (Lipinski definition) is 4. The molecule has 0 fully saturated rings. The van der Waals surface area contributed by atoms with Crippen LogP contribution >= 0.6 is 0 Å². The average Bonchev–Trinajstić information content (AvgIpc) is 2.59. The van der Waals surface area contributed by atoms with Crippen molar-refractivity contribution in [1.82, 2.24) is 5.32 Å². The van der Waals surface area contributed by atoms with Crippen LogP contribution < -0.4 is 14.8 Å². The number of nitrogens with zero attached hydrogens (tertiary/aromatic N) is 1. The molecule has 5 heteroatoms. The van der Waals surface area contributed by atoms with Crippen molar-refractivity contribution < 1.29 is 14.3 Å². The SMILES string of the molecule is COc1ccc(C(=O)NCc2ccc(C#N)cc2)cc1OC. The average molecular weight is 296 g/mol. The van der Waals surface area contributed by atoms with Gasteiger partial charge in [0.25, 0.3) is 5.91 Å². The number of nitriles is 1. The van der Waals surface area contributed by atoms with Crippen molar-refractivity contribution in [2.75, 3.05) is 14.2 Å². The van der Waals surface area contributed by atoms with Crippen LogP contribution in [0.4, 0.5) is 0 Å². The van der Waals surface area contributed by atoms with Crippen LogP contribution in [0.5, 0.6) is 11.5 Å². The molecule has 0 radical (unpaired) electrons. The summed E-state index contributed by atoms with van der Waals surface area (Å²) in [5.74, 6) is 0.880. The molecule has 2 aromatic rings. The van der Waals surface area contributed by atoms with Crippen molar-refractivity contribution >= 4 is 5.91 Å². The zero-order valence-corrected chi connectivity index (χ0v) is 12.4. The highest BCUT2D eigenvalue weighted by Crippen LogP contribution is 2.27. The Labute approximate surface area is 129 Å². The Morgan fingerprint density at radius 1 is 1.09 bits per heavy atom. The number of carbonyl (C=O) groups excluding carboxylic acids is 1. The maximum Gasteiger partial charge on any atom is 0.251 e. The lowest BCUT2D eigenvalue weighted by molar-refractivity contribution is 0.0950. The van der Waals surface area contributed by atoms with Crippen molar-refractivity contribution in [3.63, 3.8) is 0 Å². The number of methoxy groups -OCH3 is 2. The second kappa shape index (κ2) is 7.14. The summed E-state index contributed by atoms with van der Waals surface area (Å²) in [5, 5.41) is 11.6. The fourth-order valence-electron chi connectivity index (χ4n) is 1.96. The van der Waals surface area contributed by atoms with Gasteiger partial charge in [0, 0.05) is 12.1 Å². The number of hydrogen-bond donors (Lipinski definition) is 1. The second-order valence-electron chi connectivity index (χ2n) is 4.56. The van der Waals surface area contributed by atoms with Gasteiger partial charge < -0.3 is 14.8 Å². The first kappa shape index (κ1) is 15.4. The number of benzene rings is 2. The van der Waals surface area contributed by atoms with Crippen LogP contribution in [0.25, 0.3) is 0 Å². The Morgan fingerprint density at radius 2 is 1.77 bits per heavy atom. The largest absolute Gasteiger partial charge is 0.493 e. The Balaban J connectivity index is 2.04. The lowest BCUT2D eigenvalue weighted by Gasteiger charge is -2.10. The van der Waals surface area contributed by atoms with Gasteiger partial charge in [-0.15, -0.1) is 0 Å². The molecule has 0 saturated heterocycles. The lowest BCUT2D eigenvalue weighted by atomic mass is 10.1. The Hall–Kier alpha value is -3.00. The van der Waals surface area contributed by atoms with Gasteiger partial charge in [-0.3, -0.25) is 4.79 Å². The van der Waals surface area contributed by atoms with E-state index in [1.807, 2.05) is 12.1 Å². The molecule has 0 aliphatic heterocycles. The molecular formula is C17H16N2O3. The lowest BCUT2D eigenvalue weighted by Crippen LogP contribution is -2.22. The molecule has 0 bridgehead atoms. The van der Waals surface area contributed by atoms with Gasteiger partial charge in [0.05, 0.1) is 25.9 Å². The van der Waals surface area contributed by atoms with E-state index < -0.39 is 0 Å². The van der Waals surface area contributed by atoms with E-state index in [4.69, 9.17) is 14.7 Å². The van der Waals surface area contributed by atoms with Gasteiger partial charge in [-0.2, -0.15) is 5.26 Å². The van der Waals surface area contributed by atoms with Gasteiger partial charge in [-0.05, 0) is 35.9 Å². The van der Waals surface area contributed by atoms with E-state index in [0.717, 1.165) is 5.56 Å². The predicted molar refractivity (Wildman–Crippen MR) is 81.9 cm³/mol. The first-order chi connectivity index (χ1) is 10.7. The molecule has 0 spiro atoms. The van der Waals surface area contributed by atoms with E-state index in [9.17, 15) is 4.79 Å². The minimum atomic E-state index is -0.203. The van der Waals surface area contributed by atoms with E-state index in [2.05, 4.69) is 11.4 Å². The minimum Gasteiger partial charge on any atom is -0.493 e. The molecular weight excluding hydrogens is 280 g/mol. The quantitative estimate of drug-likeness (QED) is 0.920. The van der Waals surface area contributed by atoms with Crippen LogP contribution in [-0.2, 0) is 6.54 Å². The Kier molecular flexibility index (Phi) is 4.99. The molecule has 0 aromatic heterocycles. The van der Waals surface area contributed by atoms with Crippen LogP contribution in [0, 0.1) is 11.3 Å². The molecule has 0 saturated carbocycles. The normalized spacial score (nSPS) is 9.68. The van der Waals surface area contributed by atoms with Crippen LogP contribution in [0.1, 0.15) is 21.5 Å². The highest BCUT2D eigenvalue weighted by Gasteiger charge is 2.10. The molecule has 0 unspecified atom stereocenters. The van der Waals surface area contributed by atoms with E-state index in [0.29, 0.717) is 29.2 Å². The van der Waals surface area contributed by atoms with Crippen molar-refractivity contribution in [2.45, 2.75) is 6.54 Å². The molecule has 1 N–H and O–H groups in total. The van der Waals surface area contributed by atoms with Gasteiger partial charge in [-0.1, -0.05) is 12.1 Å². The smallest absolute Gasteiger partial charge is 0.251 e. The molecule has 0 aliphatic carbocycles. The number of rotatable bonds is 5. The number of amides is 1. The number of carbonyl (C=O) groups is 1. The van der Waals surface area contributed by atoms with Crippen LogP contribution in [0.15, 0.2) is 42.5 Å². The zero-order chi connectivity index (χ0) is 15.9. The molecule has 1 amide bonds. The van der Waals surface area contributed by atoms with Crippen molar-refractivity contribution in [2.24, 2.45) is 0 Å². The third-order valence-electron chi connectivity index (χ3n) is 3.18. The van der Waals surface area contributed by atoms with Crippen LogP contribution in [0.2, 0.25) is 0 Å². The standard InChI is InChI=1S/C17H16N2O3/c1-21-15-8-7-14(9-16(15)22-2)17(20)19-11-13-5-3-12(10-18)4-6-13/h3-9H,11H2,1-2H3,(H,19,20). The van der Waals surface area contributed by atoms with Crippen LogP contribution in [0.3, 0.4) is 0 Å². The molecule has 0 atom stereocenters. The maximum absolute atomic E-state index is 12.1. The third kappa shape index (κ3) is 3.55. The van der Waals surface area contributed by atoms with E-state index in [1.54, 1.807) is 37.4 Å². The van der Waals surface area contributed by atoms with Gasteiger partial charge in [0.15, 0.2) is 11.5 Å². The summed E-state index contributed by atoms with van der Waals surface area (Å²) >= 11 is 0. The molecule has 2 aromatic carbocycles. The highest BCUT2D eigenvalue weighted by molar-refractivity contribution is 5.94. The van der Waals surface area contributed by atoms with Gasteiger partial charge in [0.2, 0.25) is 0 Å². The van der Waals surface area contributed by atoms with Gasteiger partial charge in [0.1, 0.15) is 0 Å². The predicted octanol–water partition coefficient (Wildman–Crippen LogP) is 2.51. The summed E-state index contributed by atoms with van der Waals surface area (Å²) in [6, 6.07) is 14.1. The van der Waals surface area contributed by atoms with Gasteiger partial charge in [-0.25, -0.2) is 0 Å². The molecule has 22 heavy (non-hydrogen) atoms. The van der Waals surface area contributed by atoms with Crippen LogP contribution in [-0.4, -0.2) is 20.1 Å². The van der Waals surface area contributed by atoms with Crippen molar-refractivity contribution in [3.05, 3.63) is 59.2 Å². The summed E-state index contributed by atoms with van der Waals surface area (Å²) < 4.78 is 10.3. The number of nitrogens with one attached hydrogen (secondary N) is 1. The maximum atomic E-state index is 12.1. The molecule has 5 nitrogen and oxygen atoms in total.